The summed E-state index contributed by atoms with van der Waals surface area (Å²) in [6.07, 6.45) is -4.77. The lowest BCUT2D eigenvalue weighted by Gasteiger charge is -2.33. The first-order valence-corrected chi connectivity index (χ1v) is 10.00. The van der Waals surface area contributed by atoms with Gasteiger partial charge in [-0.25, -0.2) is 8.42 Å². The van der Waals surface area contributed by atoms with E-state index in [-0.39, 0.29) is 37.8 Å². The van der Waals surface area contributed by atoms with Crippen LogP contribution in [0.4, 0.5) is 13.2 Å². The van der Waals surface area contributed by atoms with Crippen LogP contribution in [0.3, 0.4) is 0 Å². The summed E-state index contributed by atoms with van der Waals surface area (Å²) >= 11 is 5.55. The summed E-state index contributed by atoms with van der Waals surface area (Å²) in [6.45, 7) is 1.87. The van der Waals surface area contributed by atoms with Crippen molar-refractivity contribution in [3.63, 3.8) is 0 Å². The van der Waals surface area contributed by atoms with E-state index in [2.05, 4.69) is 10.2 Å². The maximum atomic E-state index is 13.0. The predicted octanol–water partition coefficient (Wildman–Crippen LogP) is 2.54. The number of aryl methyl sites for hydroxylation is 1. The van der Waals surface area contributed by atoms with Crippen LogP contribution in [0.25, 0.3) is 0 Å². The SMILES string of the molecule is Cc1cc(C(=O)N2CCN(S(=O)(=O)c3ccc(Cl)c(C(F)(F)F)c3)CC2)n[nH]1. The van der Waals surface area contributed by atoms with Crippen LogP contribution in [-0.4, -0.2) is 59.9 Å². The average Bonchev–Trinajstić information content (AvgIpc) is 3.07. The molecule has 1 N–H and O–H groups in total. The fourth-order valence-corrected chi connectivity index (χ4v) is 4.53. The minimum Gasteiger partial charge on any atom is -0.335 e. The molecule has 0 bridgehead atoms. The smallest absolute Gasteiger partial charge is 0.335 e. The van der Waals surface area contributed by atoms with Gasteiger partial charge in [-0.3, -0.25) is 9.89 Å². The molecule has 1 aliphatic heterocycles. The molecule has 1 fully saturated rings. The van der Waals surface area contributed by atoms with Crippen molar-refractivity contribution < 1.29 is 26.4 Å². The maximum absolute atomic E-state index is 13.0. The lowest BCUT2D eigenvalue weighted by Crippen LogP contribution is -2.50. The van der Waals surface area contributed by atoms with Gasteiger partial charge < -0.3 is 4.90 Å². The van der Waals surface area contributed by atoms with Gasteiger partial charge in [0, 0.05) is 31.9 Å². The molecule has 3 rings (SSSR count). The Morgan fingerprint density at radius 2 is 1.82 bits per heavy atom. The van der Waals surface area contributed by atoms with E-state index in [0.717, 1.165) is 16.4 Å². The summed E-state index contributed by atoms with van der Waals surface area (Å²) in [4.78, 5) is 13.3. The van der Waals surface area contributed by atoms with Gasteiger partial charge in [0.1, 0.15) is 5.69 Å². The number of alkyl halides is 3. The van der Waals surface area contributed by atoms with Gasteiger partial charge in [-0.1, -0.05) is 11.6 Å². The molecule has 0 aliphatic carbocycles. The predicted molar refractivity (Wildman–Crippen MR) is 94.4 cm³/mol. The fraction of sp³-hybridized carbons (Fsp3) is 0.375. The number of hydrogen-bond donors (Lipinski definition) is 1. The molecule has 12 heteroatoms. The van der Waals surface area contributed by atoms with Gasteiger partial charge in [0.2, 0.25) is 10.0 Å². The summed E-state index contributed by atoms with van der Waals surface area (Å²) in [5.74, 6) is -0.341. The van der Waals surface area contributed by atoms with Crippen LogP contribution in [0.2, 0.25) is 5.02 Å². The van der Waals surface area contributed by atoms with Crippen molar-refractivity contribution in [3.8, 4) is 0 Å². The van der Waals surface area contributed by atoms with E-state index in [1.165, 1.54) is 4.90 Å². The lowest BCUT2D eigenvalue weighted by atomic mass is 10.2. The number of carbonyl (C=O) groups is 1. The van der Waals surface area contributed by atoms with Crippen LogP contribution < -0.4 is 0 Å². The third kappa shape index (κ3) is 4.01. The molecule has 1 saturated heterocycles. The minimum atomic E-state index is -4.77. The molecule has 152 valence electrons. The molecule has 0 radical (unpaired) electrons. The molecule has 0 atom stereocenters. The van der Waals surface area contributed by atoms with Crippen LogP contribution in [0.15, 0.2) is 29.2 Å². The molecular weight excluding hydrogens is 421 g/mol. The molecular formula is C16H16ClF3N4O3S. The summed E-state index contributed by atoms with van der Waals surface area (Å²) in [5.41, 5.74) is -0.271. The molecule has 1 amide bonds. The first kappa shape index (κ1) is 20.6. The molecule has 1 aliphatic rings. The number of carbonyl (C=O) groups excluding carboxylic acids is 1. The molecule has 1 aromatic carbocycles. The number of H-pyrrole nitrogens is 1. The fourth-order valence-electron chi connectivity index (χ4n) is 2.85. The number of rotatable bonds is 3. The lowest BCUT2D eigenvalue weighted by molar-refractivity contribution is -0.137. The van der Waals surface area contributed by atoms with E-state index >= 15 is 0 Å². The first-order chi connectivity index (χ1) is 13.0. The summed E-state index contributed by atoms with van der Waals surface area (Å²) in [7, 11) is -4.16. The van der Waals surface area contributed by atoms with Crippen molar-refractivity contribution in [3.05, 3.63) is 46.2 Å². The highest BCUT2D eigenvalue weighted by Crippen LogP contribution is 2.36. The van der Waals surface area contributed by atoms with Crippen molar-refractivity contribution in [1.29, 1.82) is 0 Å². The Hall–Kier alpha value is -2.11. The second kappa shape index (κ2) is 7.37. The Balaban J connectivity index is 1.76. The van der Waals surface area contributed by atoms with E-state index in [1.807, 2.05) is 0 Å². The Labute approximate surface area is 164 Å². The van der Waals surface area contributed by atoms with E-state index in [0.29, 0.717) is 11.8 Å². The molecule has 2 heterocycles. The number of sulfonamides is 1. The van der Waals surface area contributed by atoms with E-state index in [1.54, 1.807) is 13.0 Å². The monoisotopic (exact) mass is 436 g/mol. The molecule has 2 aromatic rings. The third-order valence-corrected chi connectivity index (χ3v) is 6.56. The number of aromatic amines is 1. The van der Waals surface area contributed by atoms with Gasteiger partial charge in [-0.05, 0) is 31.2 Å². The van der Waals surface area contributed by atoms with Crippen molar-refractivity contribution in [2.24, 2.45) is 0 Å². The zero-order chi connectivity index (χ0) is 20.7. The van der Waals surface area contributed by atoms with Crippen LogP contribution in [0, 0.1) is 6.92 Å². The topological polar surface area (TPSA) is 86.4 Å². The molecule has 7 nitrogen and oxygen atoms in total. The molecule has 0 unspecified atom stereocenters. The van der Waals surface area contributed by atoms with Gasteiger partial charge in [-0.2, -0.15) is 22.6 Å². The highest BCUT2D eigenvalue weighted by atomic mass is 35.5. The maximum Gasteiger partial charge on any atom is 0.417 e. The molecule has 0 saturated carbocycles. The summed E-state index contributed by atoms with van der Waals surface area (Å²) in [5, 5.41) is 5.97. The van der Waals surface area contributed by atoms with Gasteiger partial charge in [-0.15, -0.1) is 0 Å². The van der Waals surface area contributed by atoms with Crippen LogP contribution in [0.1, 0.15) is 21.7 Å². The second-order valence-electron chi connectivity index (χ2n) is 6.27. The van der Waals surface area contributed by atoms with Crippen molar-refractivity contribution >= 4 is 27.5 Å². The molecule has 1 aromatic heterocycles. The Morgan fingerprint density at radius 1 is 1.18 bits per heavy atom. The van der Waals surface area contributed by atoms with Crippen molar-refractivity contribution in [2.75, 3.05) is 26.2 Å². The van der Waals surface area contributed by atoms with E-state index < -0.39 is 31.7 Å². The van der Waals surface area contributed by atoms with E-state index in [9.17, 15) is 26.4 Å². The number of aromatic nitrogens is 2. The molecule has 0 spiro atoms. The number of benzene rings is 1. The third-order valence-electron chi connectivity index (χ3n) is 4.33. The van der Waals surface area contributed by atoms with E-state index in [4.69, 9.17) is 11.6 Å². The van der Waals surface area contributed by atoms with Crippen LogP contribution in [-0.2, 0) is 16.2 Å². The largest absolute Gasteiger partial charge is 0.417 e. The van der Waals surface area contributed by atoms with Gasteiger partial charge >= 0.3 is 6.18 Å². The average molecular weight is 437 g/mol. The van der Waals surface area contributed by atoms with Crippen molar-refractivity contribution in [2.45, 2.75) is 18.0 Å². The van der Waals surface area contributed by atoms with Crippen LogP contribution in [0.5, 0.6) is 0 Å². The quantitative estimate of drug-likeness (QED) is 0.801. The summed E-state index contributed by atoms with van der Waals surface area (Å²) in [6, 6.07) is 4.06. The minimum absolute atomic E-state index is 0.0402. The summed E-state index contributed by atoms with van der Waals surface area (Å²) < 4.78 is 65.5. The Bertz CT molecular complexity index is 999. The number of hydrogen-bond acceptors (Lipinski definition) is 4. The standard InChI is InChI=1S/C16H16ClF3N4O3S/c1-10-8-14(22-21-10)15(25)23-4-6-24(7-5-23)28(26,27)11-2-3-13(17)12(9-11)16(18,19)20/h2-3,8-9H,4-7H2,1H3,(H,21,22). The zero-order valence-electron chi connectivity index (χ0n) is 14.6. The number of nitrogens with one attached hydrogen (secondary N) is 1. The number of amides is 1. The van der Waals surface area contributed by atoms with Gasteiger partial charge in [0.15, 0.2) is 0 Å². The number of halogens is 4. The normalized spacial score (nSPS) is 16.4. The second-order valence-corrected chi connectivity index (χ2v) is 8.62. The first-order valence-electron chi connectivity index (χ1n) is 8.18. The molecule has 28 heavy (non-hydrogen) atoms. The zero-order valence-corrected chi connectivity index (χ0v) is 16.2. The Kier molecular flexibility index (Phi) is 5.43. The highest BCUT2D eigenvalue weighted by molar-refractivity contribution is 7.89. The van der Waals surface area contributed by atoms with Gasteiger partial charge in [0.05, 0.1) is 15.5 Å². The van der Waals surface area contributed by atoms with Gasteiger partial charge in [0.25, 0.3) is 5.91 Å². The number of piperazine rings is 1. The van der Waals surface area contributed by atoms with Crippen molar-refractivity contribution in [1.82, 2.24) is 19.4 Å². The Morgan fingerprint density at radius 3 is 2.36 bits per heavy atom. The number of nitrogens with zero attached hydrogens (tertiary/aromatic N) is 3. The highest BCUT2D eigenvalue weighted by Gasteiger charge is 2.36. The van der Waals surface area contributed by atoms with Crippen LogP contribution >= 0.6 is 11.6 Å².